The number of rotatable bonds is 4. The van der Waals surface area contributed by atoms with Crippen LogP contribution in [0.1, 0.15) is 22.7 Å². The molecule has 0 radical (unpaired) electrons. The summed E-state index contributed by atoms with van der Waals surface area (Å²) >= 11 is 0. The fourth-order valence-electron chi connectivity index (χ4n) is 3.00. The maximum absolute atomic E-state index is 12.6. The molecule has 1 aliphatic heterocycles. The molecule has 0 spiro atoms. The highest BCUT2D eigenvalue weighted by Gasteiger charge is 2.38. The largest absolute Gasteiger partial charge is 0.490 e. The van der Waals surface area contributed by atoms with Gasteiger partial charge < -0.3 is 20.3 Å². The van der Waals surface area contributed by atoms with Gasteiger partial charge in [-0.05, 0) is 24.6 Å². The van der Waals surface area contributed by atoms with E-state index in [9.17, 15) is 18.0 Å². The van der Waals surface area contributed by atoms with E-state index in [0.29, 0.717) is 18.2 Å². The van der Waals surface area contributed by atoms with Crippen LogP contribution in [0.2, 0.25) is 0 Å². The van der Waals surface area contributed by atoms with Gasteiger partial charge in [0, 0.05) is 37.1 Å². The van der Waals surface area contributed by atoms with E-state index in [2.05, 4.69) is 25.6 Å². The second-order valence-corrected chi connectivity index (χ2v) is 6.75. The Bertz CT molecular complexity index is 1060. The molecule has 3 aromatic rings. The Hall–Kier alpha value is -3.96. The van der Waals surface area contributed by atoms with Crippen LogP contribution in [-0.2, 0) is 17.8 Å². The van der Waals surface area contributed by atoms with E-state index in [4.69, 9.17) is 9.90 Å². The maximum atomic E-state index is 12.6. The van der Waals surface area contributed by atoms with Crippen LogP contribution in [0.5, 0.6) is 0 Å². The van der Waals surface area contributed by atoms with E-state index in [0.717, 1.165) is 24.4 Å². The van der Waals surface area contributed by atoms with Crippen molar-refractivity contribution in [1.82, 2.24) is 19.5 Å². The quantitative estimate of drug-likeness (QED) is 0.561. The first kappa shape index (κ1) is 22.7. The first-order chi connectivity index (χ1) is 15.2. The van der Waals surface area contributed by atoms with Crippen molar-refractivity contribution >= 4 is 23.5 Å². The maximum Gasteiger partial charge on any atom is 0.490 e. The number of anilines is 2. The van der Waals surface area contributed by atoms with Crippen molar-refractivity contribution in [1.29, 1.82) is 0 Å². The minimum absolute atomic E-state index is 0.151. The highest BCUT2D eigenvalue weighted by molar-refractivity contribution is 6.03. The smallest absolute Gasteiger partial charge is 0.475 e. The van der Waals surface area contributed by atoms with Crippen molar-refractivity contribution in [2.24, 2.45) is 0 Å². The summed E-state index contributed by atoms with van der Waals surface area (Å²) < 4.78 is 33.7. The Morgan fingerprint density at radius 2 is 1.72 bits per heavy atom. The molecule has 0 bridgehead atoms. The van der Waals surface area contributed by atoms with Crippen LogP contribution in [0.25, 0.3) is 0 Å². The lowest BCUT2D eigenvalue weighted by atomic mass is 10.1. The third kappa shape index (κ3) is 6.03. The number of halogens is 3. The Morgan fingerprint density at radius 1 is 1.06 bits per heavy atom. The van der Waals surface area contributed by atoms with Gasteiger partial charge in [0.1, 0.15) is 11.5 Å². The van der Waals surface area contributed by atoms with Crippen LogP contribution < -0.4 is 10.6 Å². The van der Waals surface area contributed by atoms with E-state index in [1.807, 2.05) is 34.9 Å². The summed E-state index contributed by atoms with van der Waals surface area (Å²) in [5.74, 6) is -1.37. The molecule has 4 rings (SSSR count). The molecule has 3 N–H and O–H groups in total. The van der Waals surface area contributed by atoms with Crippen LogP contribution in [0.4, 0.5) is 24.8 Å². The average Bonchev–Trinajstić information content (AvgIpc) is 3.18. The van der Waals surface area contributed by atoms with E-state index < -0.39 is 12.1 Å². The Morgan fingerprint density at radius 3 is 2.34 bits per heavy atom. The van der Waals surface area contributed by atoms with Crippen LogP contribution >= 0.6 is 0 Å². The molecular formula is C20H19F3N6O3. The summed E-state index contributed by atoms with van der Waals surface area (Å²) in [6.07, 6.45) is 1.71. The monoisotopic (exact) mass is 448 g/mol. The van der Waals surface area contributed by atoms with Gasteiger partial charge in [0.25, 0.3) is 5.91 Å². The lowest BCUT2D eigenvalue weighted by molar-refractivity contribution is -0.192. The number of carbonyl (C=O) groups excluding carboxylic acids is 1. The van der Waals surface area contributed by atoms with Gasteiger partial charge in [-0.15, -0.1) is 0 Å². The molecule has 168 valence electrons. The Balaban J connectivity index is 0.000000360. The fraction of sp³-hybridized carbons (Fsp3) is 0.250. The molecule has 0 aliphatic carbocycles. The lowest BCUT2D eigenvalue weighted by Gasteiger charge is -2.25. The van der Waals surface area contributed by atoms with Crippen LogP contribution in [0, 0.1) is 0 Å². The number of hydrogen-bond donors (Lipinski definition) is 3. The molecule has 0 saturated carbocycles. The summed E-state index contributed by atoms with van der Waals surface area (Å²) in [7, 11) is 0. The highest BCUT2D eigenvalue weighted by Crippen LogP contribution is 2.20. The van der Waals surface area contributed by atoms with Crippen molar-refractivity contribution < 1.29 is 27.9 Å². The predicted octanol–water partition coefficient (Wildman–Crippen LogP) is 2.99. The number of alkyl halides is 3. The first-order valence-electron chi connectivity index (χ1n) is 9.48. The van der Waals surface area contributed by atoms with Gasteiger partial charge in [0.05, 0.1) is 6.20 Å². The third-order valence-electron chi connectivity index (χ3n) is 4.46. The zero-order valence-corrected chi connectivity index (χ0v) is 16.6. The normalized spacial score (nSPS) is 15.0. The molecule has 1 unspecified atom stereocenters. The molecule has 32 heavy (non-hydrogen) atoms. The number of carboxylic acid groups (broad SMARTS) is 1. The number of carboxylic acids is 1. The van der Waals surface area contributed by atoms with E-state index in [1.165, 1.54) is 0 Å². The number of nitrogens with zero attached hydrogens (tertiary/aromatic N) is 4. The zero-order valence-electron chi connectivity index (χ0n) is 16.6. The van der Waals surface area contributed by atoms with E-state index in [1.54, 1.807) is 24.7 Å². The van der Waals surface area contributed by atoms with E-state index >= 15 is 0 Å². The zero-order chi connectivity index (χ0) is 23.1. The number of aryl methyl sites for hydroxylation is 1. The summed E-state index contributed by atoms with van der Waals surface area (Å²) in [6, 6.07) is 11.4. The summed E-state index contributed by atoms with van der Waals surface area (Å²) in [6.45, 7) is 0.658. The third-order valence-corrected chi connectivity index (χ3v) is 4.46. The summed E-state index contributed by atoms with van der Waals surface area (Å²) in [5.41, 5.74) is 1.34. The number of fused-ring (bicyclic) bond motifs is 1. The van der Waals surface area contributed by atoms with Crippen molar-refractivity contribution in [3.05, 3.63) is 66.5 Å². The van der Waals surface area contributed by atoms with Gasteiger partial charge in [0.15, 0.2) is 0 Å². The average molecular weight is 448 g/mol. The van der Waals surface area contributed by atoms with Gasteiger partial charge in [0.2, 0.25) is 5.95 Å². The second-order valence-electron chi connectivity index (χ2n) is 6.75. The molecular weight excluding hydrogens is 429 g/mol. The first-order valence-corrected chi connectivity index (χ1v) is 9.48. The number of hydrogen-bond acceptors (Lipinski definition) is 6. The number of aliphatic carboxylic acids is 1. The topological polar surface area (TPSA) is 122 Å². The molecule has 1 atom stereocenters. The van der Waals surface area contributed by atoms with Crippen molar-refractivity contribution in [3.8, 4) is 0 Å². The molecule has 3 heterocycles. The summed E-state index contributed by atoms with van der Waals surface area (Å²) in [4.78, 5) is 34.3. The molecule has 0 saturated heterocycles. The molecule has 9 nitrogen and oxygen atoms in total. The van der Waals surface area contributed by atoms with Crippen LogP contribution in [0.3, 0.4) is 0 Å². The van der Waals surface area contributed by atoms with Crippen LogP contribution in [0.15, 0.2) is 55.0 Å². The molecule has 12 heteroatoms. The number of benzene rings is 1. The molecule has 2 aromatic heterocycles. The standard InChI is InChI=1S/C18H18N6O.C2HF3O2/c25-17(22-13-5-2-1-3-6-13)15-11-21-16-8-7-14(12-24(15)16)23-18-19-9-4-10-20-18;3-2(4,5)1(6)7/h1-6,9-11,14H,7-8,12H2,(H,22,25)(H,19,20,23);(H,6,7). The van der Waals surface area contributed by atoms with Crippen molar-refractivity contribution in [2.45, 2.75) is 31.6 Å². The van der Waals surface area contributed by atoms with Gasteiger partial charge in [-0.3, -0.25) is 4.79 Å². The SMILES string of the molecule is O=C(Nc1ccccc1)c1cnc2n1CC(Nc1ncccn1)CC2.O=C(O)C(F)(F)F. The number of para-hydroxylation sites is 1. The number of amides is 1. The van der Waals surface area contributed by atoms with Crippen molar-refractivity contribution in [3.63, 3.8) is 0 Å². The van der Waals surface area contributed by atoms with E-state index in [-0.39, 0.29) is 11.9 Å². The fourth-order valence-corrected chi connectivity index (χ4v) is 3.00. The molecule has 0 fully saturated rings. The van der Waals surface area contributed by atoms with Gasteiger partial charge in [-0.2, -0.15) is 13.2 Å². The molecule has 1 amide bonds. The minimum Gasteiger partial charge on any atom is -0.475 e. The Labute approximate surface area is 180 Å². The highest BCUT2D eigenvalue weighted by atomic mass is 19.4. The van der Waals surface area contributed by atoms with Gasteiger partial charge in [-0.25, -0.2) is 19.7 Å². The van der Waals surface area contributed by atoms with Crippen LogP contribution in [-0.4, -0.2) is 48.7 Å². The molecule has 1 aromatic carbocycles. The predicted molar refractivity (Wildman–Crippen MR) is 108 cm³/mol. The van der Waals surface area contributed by atoms with Gasteiger partial charge in [-0.1, -0.05) is 18.2 Å². The second kappa shape index (κ2) is 9.90. The summed E-state index contributed by atoms with van der Waals surface area (Å²) in [5, 5.41) is 13.4. The minimum atomic E-state index is -5.08. The Kier molecular flexibility index (Phi) is 7.03. The number of carbonyl (C=O) groups is 2. The number of nitrogens with one attached hydrogen (secondary N) is 2. The molecule has 1 aliphatic rings. The van der Waals surface area contributed by atoms with Crippen molar-refractivity contribution in [2.75, 3.05) is 10.6 Å². The number of aromatic nitrogens is 4. The number of imidazole rings is 1. The lowest BCUT2D eigenvalue weighted by Crippen LogP contribution is -2.34. The van der Waals surface area contributed by atoms with Gasteiger partial charge >= 0.3 is 12.1 Å².